The lowest BCUT2D eigenvalue weighted by Crippen LogP contribution is -2.52. The SMILES string of the molecule is CC=C1C(O)CC2C3CCC4CC(C)CC[C@]4(C)C3CC[C@]12C. The van der Waals surface area contributed by atoms with E-state index < -0.39 is 0 Å². The summed E-state index contributed by atoms with van der Waals surface area (Å²) >= 11 is 0. The van der Waals surface area contributed by atoms with E-state index in [1.807, 2.05) is 0 Å². The van der Waals surface area contributed by atoms with Crippen LogP contribution < -0.4 is 0 Å². The Morgan fingerprint density at radius 3 is 2.52 bits per heavy atom. The average Bonchev–Trinajstić information content (AvgIpc) is 2.77. The molecule has 0 spiro atoms. The Morgan fingerprint density at radius 2 is 1.78 bits per heavy atom. The summed E-state index contributed by atoms with van der Waals surface area (Å²) in [6.45, 7) is 9.72. The van der Waals surface area contributed by atoms with Crippen LogP contribution in [0.5, 0.6) is 0 Å². The molecule has 23 heavy (non-hydrogen) atoms. The minimum atomic E-state index is -0.161. The van der Waals surface area contributed by atoms with Crippen molar-refractivity contribution in [3.8, 4) is 0 Å². The van der Waals surface area contributed by atoms with Crippen molar-refractivity contribution >= 4 is 0 Å². The van der Waals surface area contributed by atoms with Gasteiger partial charge in [0.05, 0.1) is 6.10 Å². The van der Waals surface area contributed by atoms with Gasteiger partial charge in [-0.15, -0.1) is 0 Å². The van der Waals surface area contributed by atoms with E-state index in [1.165, 1.54) is 50.5 Å². The normalized spacial score (nSPS) is 57.7. The van der Waals surface area contributed by atoms with Crippen molar-refractivity contribution in [3.05, 3.63) is 11.6 Å². The first kappa shape index (κ1) is 16.2. The van der Waals surface area contributed by atoms with Crippen molar-refractivity contribution in [1.82, 2.24) is 0 Å². The van der Waals surface area contributed by atoms with Crippen molar-refractivity contribution < 1.29 is 5.11 Å². The number of aliphatic hydroxyl groups is 1. The summed E-state index contributed by atoms with van der Waals surface area (Å²) in [7, 11) is 0. The topological polar surface area (TPSA) is 20.2 Å². The van der Waals surface area contributed by atoms with Gasteiger partial charge in [0.1, 0.15) is 0 Å². The largest absolute Gasteiger partial charge is 0.389 e. The summed E-state index contributed by atoms with van der Waals surface area (Å²) in [5, 5.41) is 10.6. The molecule has 4 aliphatic rings. The van der Waals surface area contributed by atoms with Gasteiger partial charge >= 0.3 is 0 Å². The van der Waals surface area contributed by atoms with Gasteiger partial charge in [-0.1, -0.05) is 33.3 Å². The van der Waals surface area contributed by atoms with Crippen LogP contribution in [0.2, 0.25) is 0 Å². The number of rotatable bonds is 0. The molecule has 0 heterocycles. The fourth-order valence-electron chi connectivity index (χ4n) is 7.86. The molecule has 0 aliphatic heterocycles. The van der Waals surface area contributed by atoms with E-state index in [2.05, 4.69) is 33.8 Å². The molecule has 4 saturated carbocycles. The van der Waals surface area contributed by atoms with Gasteiger partial charge in [-0.2, -0.15) is 0 Å². The molecule has 0 aromatic rings. The summed E-state index contributed by atoms with van der Waals surface area (Å²) in [5.74, 6) is 4.45. The first-order valence-electron chi connectivity index (χ1n) is 10.2. The maximum Gasteiger partial charge on any atom is 0.0758 e. The highest BCUT2D eigenvalue weighted by atomic mass is 16.3. The molecule has 6 unspecified atom stereocenters. The third kappa shape index (κ3) is 2.14. The Hall–Kier alpha value is -0.300. The van der Waals surface area contributed by atoms with Crippen molar-refractivity contribution in [3.63, 3.8) is 0 Å². The van der Waals surface area contributed by atoms with E-state index in [0.29, 0.717) is 10.8 Å². The second-order valence-electron chi connectivity index (χ2n) is 9.99. The molecule has 1 nitrogen and oxygen atoms in total. The van der Waals surface area contributed by atoms with Crippen molar-refractivity contribution in [2.45, 2.75) is 85.2 Å². The Morgan fingerprint density at radius 1 is 1.00 bits per heavy atom. The number of allylic oxidation sites excluding steroid dienone is 1. The highest BCUT2D eigenvalue weighted by Gasteiger charge is 2.60. The molecule has 0 saturated heterocycles. The Balaban J connectivity index is 1.65. The highest BCUT2D eigenvalue weighted by molar-refractivity contribution is 5.27. The van der Waals surface area contributed by atoms with E-state index in [9.17, 15) is 5.11 Å². The second-order valence-corrected chi connectivity index (χ2v) is 9.99. The zero-order valence-electron chi connectivity index (χ0n) is 15.6. The van der Waals surface area contributed by atoms with Gasteiger partial charge in [0.2, 0.25) is 0 Å². The van der Waals surface area contributed by atoms with Crippen molar-refractivity contribution in [2.24, 2.45) is 40.4 Å². The monoisotopic (exact) mass is 316 g/mol. The van der Waals surface area contributed by atoms with E-state index in [4.69, 9.17) is 0 Å². The predicted octanol–water partition coefficient (Wildman–Crippen LogP) is 5.58. The Labute approximate surface area is 142 Å². The number of hydrogen-bond donors (Lipinski definition) is 1. The van der Waals surface area contributed by atoms with Crippen molar-refractivity contribution in [2.75, 3.05) is 0 Å². The van der Waals surface area contributed by atoms with Gasteiger partial charge in [-0.25, -0.2) is 0 Å². The first-order chi connectivity index (χ1) is 10.9. The Bertz CT molecular complexity index is 508. The minimum Gasteiger partial charge on any atom is -0.389 e. The number of aliphatic hydroxyl groups excluding tert-OH is 1. The molecular formula is C22H36O. The molecule has 0 aromatic heterocycles. The third-order valence-corrected chi connectivity index (χ3v) is 9.12. The minimum absolute atomic E-state index is 0.161. The molecule has 0 aromatic carbocycles. The molecule has 1 heteroatoms. The summed E-state index contributed by atoms with van der Waals surface area (Å²) in [5.41, 5.74) is 2.26. The predicted molar refractivity (Wildman–Crippen MR) is 96.0 cm³/mol. The fourth-order valence-corrected chi connectivity index (χ4v) is 7.86. The van der Waals surface area contributed by atoms with Crippen LogP contribution in [0.4, 0.5) is 0 Å². The van der Waals surface area contributed by atoms with Crippen LogP contribution >= 0.6 is 0 Å². The van der Waals surface area contributed by atoms with E-state index in [1.54, 1.807) is 0 Å². The standard InChI is InChI=1S/C22H36O/c1-5-17-20(23)13-19-16-7-6-15-12-14(2)8-10-21(15,3)18(16)9-11-22(17,19)4/h5,14-16,18-20,23H,6-13H2,1-4H3/t14?,15?,16?,18?,19?,20?,21-,22+/m0/s1. The molecule has 130 valence electrons. The summed E-state index contributed by atoms with van der Waals surface area (Å²) in [6, 6.07) is 0. The maximum atomic E-state index is 10.6. The van der Waals surface area contributed by atoms with Crippen molar-refractivity contribution in [1.29, 1.82) is 0 Å². The molecule has 4 fully saturated rings. The molecule has 4 rings (SSSR count). The zero-order valence-corrected chi connectivity index (χ0v) is 15.6. The van der Waals surface area contributed by atoms with Crippen LogP contribution in [-0.4, -0.2) is 11.2 Å². The average molecular weight is 317 g/mol. The van der Waals surface area contributed by atoms with E-state index in [-0.39, 0.29) is 6.10 Å². The molecule has 0 radical (unpaired) electrons. The Kier molecular flexibility index (Phi) is 3.76. The lowest BCUT2D eigenvalue weighted by atomic mass is 9.44. The second kappa shape index (κ2) is 5.35. The molecule has 8 atom stereocenters. The summed E-state index contributed by atoms with van der Waals surface area (Å²) < 4.78 is 0. The van der Waals surface area contributed by atoms with E-state index in [0.717, 1.165) is 36.0 Å². The van der Waals surface area contributed by atoms with Crippen LogP contribution in [0.15, 0.2) is 11.6 Å². The van der Waals surface area contributed by atoms with Gasteiger partial charge < -0.3 is 5.11 Å². The maximum absolute atomic E-state index is 10.6. The van der Waals surface area contributed by atoms with Gasteiger partial charge in [0.15, 0.2) is 0 Å². The highest BCUT2D eigenvalue weighted by Crippen LogP contribution is 2.67. The van der Waals surface area contributed by atoms with Gasteiger partial charge in [0.25, 0.3) is 0 Å². The van der Waals surface area contributed by atoms with Gasteiger partial charge in [0, 0.05) is 0 Å². The molecule has 4 aliphatic carbocycles. The smallest absolute Gasteiger partial charge is 0.0758 e. The number of fused-ring (bicyclic) bond motifs is 5. The molecule has 0 bridgehead atoms. The zero-order chi connectivity index (χ0) is 16.4. The lowest BCUT2D eigenvalue weighted by Gasteiger charge is -2.60. The van der Waals surface area contributed by atoms with Gasteiger partial charge in [-0.05, 0) is 97.9 Å². The van der Waals surface area contributed by atoms with Crippen LogP contribution in [0.1, 0.15) is 79.1 Å². The fraction of sp³-hybridized carbons (Fsp3) is 0.909. The van der Waals surface area contributed by atoms with Crippen LogP contribution in [0, 0.1) is 40.4 Å². The van der Waals surface area contributed by atoms with Gasteiger partial charge in [-0.3, -0.25) is 0 Å². The summed E-state index contributed by atoms with van der Waals surface area (Å²) in [6.07, 6.45) is 13.1. The van der Waals surface area contributed by atoms with Crippen LogP contribution in [0.25, 0.3) is 0 Å². The lowest BCUT2D eigenvalue weighted by molar-refractivity contribution is -0.105. The molecule has 0 amide bonds. The molecule has 1 N–H and O–H groups in total. The summed E-state index contributed by atoms with van der Waals surface area (Å²) in [4.78, 5) is 0. The third-order valence-electron chi connectivity index (χ3n) is 9.12. The number of hydrogen-bond acceptors (Lipinski definition) is 1. The first-order valence-corrected chi connectivity index (χ1v) is 10.2. The van der Waals surface area contributed by atoms with E-state index >= 15 is 0 Å². The quantitative estimate of drug-likeness (QED) is 0.578. The van der Waals surface area contributed by atoms with Crippen LogP contribution in [-0.2, 0) is 0 Å². The van der Waals surface area contributed by atoms with Crippen LogP contribution in [0.3, 0.4) is 0 Å². The molecular weight excluding hydrogens is 280 g/mol.